The van der Waals surface area contributed by atoms with Crippen LogP contribution in [0.2, 0.25) is 0 Å². The van der Waals surface area contributed by atoms with Crippen molar-refractivity contribution in [1.82, 2.24) is 19.4 Å². The molecule has 2 N–H and O–H groups in total. The molecule has 0 bridgehead atoms. The van der Waals surface area contributed by atoms with E-state index in [1.807, 2.05) is 30.6 Å². The highest BCUT2D eigenvalue weighted by Gasteiger charge is 2.39. The summed E-state index contributed by atoms with van der Waals surface area (Å²) in [4.78, 5) is 29.6. The number of carboxylic acids is 2. The van der Waals surface area contributed by atoms with E-state index in [-0.39, 0.29) is 0 Å². The number of alkyl halides is 6. The number of imidazole rings is 1. The number of aromatic nitrogens is 3. The standard InChI is InChI=1S/C22H24N4O.2C2HF3O2/c1-27-20-7-5-16(6-8-20)21-11-24-22-10-17-12-25(13-18(17)14-26(21)22)15-19-4-2-3-9-23-19;2*3-2(4,5)1(6)7/h2-9,11,17-18H,10,12-15H2,1H3;2*(H,6,7). The number of methoxy groups -OCH3 is 1. The van der Waals surface area contributed by atoms with E-state index in [0.29, 0.717) is 11.8 Å². The molecule has 1 fully saturated rings. The van der Waals surface area contributed by atoms with Crippen molar-refractivity contribution in [3.63, 3.8) is 0 Å². The van der Waals surface area contributed by atoms with Crippen LogP contribution in [0.3, 0.4) is 0 Å². The molecule has 15 heteroatoms. The number of likely N-dealkylation sites (tertiary alicyclic amines) is 1. The van der Waals surface area contributed by atoms with Crippen LogP contribution < -0.4 is 4.74 Å². The van der Waals surface area contributed by atoms with Crippen LogP contribution in [0.1, 0.15) is 11.5 Å². The second-order valence-electron chi connectivity index (χ2n) is 9.24. The van der Waals surface area contributed by atoms with E-state index in [0.717, 1.165) is 44.0 Å². The quantitative estimate of drug-likeness (QED) is 0.428. The fraction of sp³-hybridized carbons (Fsp3) is 0.385. The number of rotatable bonds is 4. The van der Waals surface area contributed by atoms with E-state index >= 15 is 0 Å². The summed E-state index contributed by atoms with van der Waals surface area (Å²) in [5.41, 5.74) is 3.58. The number of ether oxygens (including phenoxy) is 1. The van der Waals surface area contributed by atoms with Gasteiger partial charge in [0.15, 0.2) is 0 Å². The summed E-state index contributed by atoms with van der Waals surface area (Å²) in [6.07, 6.45) is -5.18. The van der Waals surface area contributed by atoms with Gasteiger partial charge >= 0.3 is 24.3 Å². The maximum absolute atomic E-state index is 10.6. The molecule has 0 saturated carbocycles. The summed E-state index contributed by atoms with van der Waals surface area (Å²) in [5.74, 6) is -2.01. The lowest BCUT2D eigenvalue weighted by atomic mass is 9.89. The molecular formula is C26H26F6N4O5. The van der Waals surface area contributed by atoms with Gasteiger partial charge in [0.1, 0.15) is 11.6 Å². The van der Waals surface area contributed by atoms with Gasteiger partial charge in [0.2, 0.25) is 0 Å². The van der Waals surface area contributed by atoms with Gasteiger partial charge in [-0.3, -0.25) is 9.88 Å². The van der Waals surface area contributed by atoms with Gasteiger partial charge in [-0.2, -0.15) is 26.3 Å². The highest BCUT2D eigenvalue weighted by atomic mass is 19.4. The Balaban J connectivity index is 0.000000276. The molecule has 2 aromatic heterocycles. The number of benzene rings is 1. The van der Waals surface area contributed by atoms with Gasteiger partial charge in [-0.05, 0) is 48.2 Å². The van der Waals surface area contributed by atoms with Crippen LogP contribution in [0.4, 0.5) is 26.3 Å². The SMILES string of the molecule is COc1ccc(-c2cnc3n2CC2CN(Cc4ccccn4)CC2C3)cc1.O=C(O)C(F)(F)F.O=C(O)C(F)(F)F. The van der Waals surface area contributed by atoms with Crippen LogP contribution >= 0.6 is 0 Å². The second kappa shape index (κ2) is 13.0. The molecule has 2 atom stereocenters. The lowest BCUT2D eigenvalue weighted by molar-refractivity contribution is -0.193. The van der Waals surface area contributed by atoms with E-state index in [2.05, 4.69) is 38.7 Å². The van der Waals surface area contributed by atoms with Crippen LogP contribution in [-0.2, 0) is 29.1 Å². The van der Waals surface area contributed by atoms with E-state index in [1.165, 1.54) is 17.1 Å². The van der Waals surface area contributed by atoms with Gasteiger partial charge in [-0.25, -0.2) is 14.6 Å². The van der Waals surface area contributed by atoms with Gasteiger partial charge in [-0.1, -0.05) is 6.07 Å². The molecule has 3 aromatic rings. The summed E-state index contributed by atoms with van der Waals surface area (Å²) in [5, 5.41) is 14.2. The molecule has 2 aliphatic rings. The molecule has 41 heavy (non-hydrogen) atoms. The zero-order valence-electron chi connectivity index (χ0n) is 21.6. The van der Waals surface area contributed by atoms with Crippen LogP contribution in [0.25, 0.3) is 11.3 Å². The monoisotopic (exact) mass is 588 g/mol. The van der Waals surface area contributed by atoms with Crippen molar-refractivity contribution < 1.29 is 50.9 Å². The summed E-state index contributed by atoms with van der Waals surface area (Å²) >= 11 is 0. The van der Waals surface area contributed by atoms with Gasteiger partial charge in [0.05, 0.1) is 24.7 Å². The van der Waals surface area contributed by atoms with Crippen molar-refractivity contribution in [2.75, 3.05) is 20.2 Å². The third kappa shape index (κ3) is 8.67. The van der Waals surface area contributed by atoms with Crippen molar-refractivity contribution in [2.45, 2.75) is 31.9 Å². The topological polar surface area (TPSA) is 118 Å². The number of pyridine rings is 1. The van der Waals surface area contributed by atoms with Gasteiger partial charge in [0.25, 0.3) is 0 Å². The minimum atomic E-state index is -5.08. The second-order valence-corrected chi connectivity index (χ2v) is 9.24. The van der Waals surface area contributed by atoms with Crippen molar-refractivity contribution in [1.29, 1.82) is 0 Å². The Morgan fingerprint density at radius 3 is 2.00 bits per heavy atom. The lowest BCUT2D eigenvalue weighted by Gasteiger charge is -2.27. The number of fused-ring (bicyclic) bond motifs is 2. The molecule has 2 aliphatic heterocycles. The lowest BCUT2D eigenvalue weighted by Crippen LogP contribution is -2.28. The summed E-state index contributed by atoms with van der Waals surface area (Å²) in [6.45, 7) is 4.29. The average molecular weight is 589 g/mol. The Hall–Kier alpha value is -4.14. The summed E-state index contributed by atoms with van der Waals surface area (Å²) in [7, 11) is 1.70. The molecule has 0 amide bonds. The number of nitrogens with zero attached hydrogens (tertiary/aromatic N) is 4. The van der Waals surface area contributed by atoms with E-state index < -0.39 is 24.3 Å². The van der Waals surface area contributed by atoms with Gasteiger partial charge in [0, 0.05) is 44.4 Å². The fourth-order valence-corrected chi connectivity index (χ4v) is 4.57. The number of carboxylic acid groups (broad SMARTS) is 2. The first-order valence-electron chi connectivity index (χ1n) is 12.1. The van der Waals surface area contributed by atoms with Crippen LogP contribution in [0.15, 0.2) is 54.9 Å². The van der Waals surface area contributed by atoms with E-state index in [9.17, 15) is 26.3 Å². The largest absolute Gasteiger partial charge is 0.497 e. The smallest absolute Gasteiger partial charge is 0.490 e. The number of halogens is 6. The van der Waals surface area contributed by atoms with Crippen molar-refractivity contribution in [3.8, 4) is 17.0 Å². The first kappa shape index (κ1) is 31.4. The van der Waals surface area contributed by atoms with Gasteiger partial charge in [-0.15, -0.1) is 0 Å². The average Bonchev–Trinajstić information content (AvgIpc) is 3.50. The number of carbonyl (C=O) groups is 2. The Morgan fingerprint density at radius 2 is 1.49 bits per heavy atom. The molecule has 0 spiro atoms. The van der Waals surface area contributed by atoms with E-state index in [4.69, 9.17) is 29.5 Å². The highest BCUT2D eigenvalue weighted by molar-refractivity contribution is 5.73. The summed E-state index contributed by atoms with van der Waals surface area (Å²) in [6, 6.07) is 14.5. The normalized spacial score (nSPS) is 18.1. The number of hydrogen-bond acceptors (Lipinski definition) is 6. The predicted molar refractivity (Wildman–Crippen MR) is 132 cm³/mol. The maximum Gasteiger partial charge on any atom is 0.490 e. The van der Waals surface area contributed by atoms with Gasteiger partial charge < -0.3 is 19.5 Å². The molecule has 5 rings (SSSR count). The Bertz CT molecular complexity index is 1290. The molecule has 0 radical (unpaired) electrons. The molecule has 1 saturated heterocycles. The molecule has 1 aromatic carbocycles. The van der Waals surface area contributed by atoms with Crippen molar-refractivity contribution in [3.05, 3.63) is 66.4 Å². The molecule has 4 heterocycles. The molecule has 9 nitrogen and oxygen atoms in total. The Labute approximate surface area is 230 Å². The predicted octanol–water partition coefficient (Wildman–Crippen LogP) is 4.52. The summed E-state index contributed by atoms with van der Waals surface area (Å²) < 4.78 is 71.2. The first-order chi connectivity index (χ1) is 19.2. The van der Waals surface area contributed by atoms with Crippen LogP contribution in [-0.4, -0.2) is 74.1 Å². The number of aliphatic carboxylic acids is 2. The minimum absolute atomic E-state index is 0.687. The zero-order chi connectivity index (χ0) is 30.4. The Morgan fingerprint density at radius 1 is 0.902 bits per heavy atom. The third-order valence-electron chi connectivity index (χ3n) is 6.43. The minimum Gasteiger partial charge on any atom is -0.497 e. The van der Waals surface area contributed by atoms with Crippen LogP contribution in [0.5, 0.6) is 5.75 Å². The fourth-order valence-electron chi connectivity index (χ4n) is 4.57. The third-order valence-corrected chi connectivity index (χ3v) is 6.43. The molecular weight excluding hydrogens is 562 g/mol. The molecule has 222 valence electrons. The highest BCUT2D eigenvalue weighted by Crippen LogP contribution is 2.36. The van der Waals surface area contributed by atoms with Crippen LogP contribution in [0, 0.1) is 11.8 Å². The zero-order valence-corrected chi connectivity index (χ0v) is 21.6. The van der Waals surface area contributed by atoms with Crippen molar-refractivity contribution >= 4 is 11.9 Å². The van der Waals surface area contributed by atoms with E-state index in [1.54, 1.807) is 7.11 Å². The molecule has 0 aliphatic carbocycles. The molecule has 2 unspecified atom stereocenters. The van der Waals surface area contributed by atoms with Crippen molar-refractivity contribution in [2.24, 2.45) is 11.8 Å². The number of hydrogen-bond donors (Lipinski definition) is 2. The maximum atomic E-state index is 10.6. The Kier molecular flexibility index (Phi) is 9.97. The first-order valence-corrected chi connectivity index (χ1v) is 12.1.